The van der Waals surface area contributed by atoms with Crippen LogP contribution < -0.4 is 119 Å². The molecule has 18 nitrogen and oxygen atoms in total. The van der Waals surface area contributed by atoms with Gasteiger partial charge in [0.25, 0.3) is 23.3 Å². The zero-order valence-electron chi connectivity index (χ0n) is 27.2. The smallest absolute Gasteiger partial charge is 0.744 e. The number of allylic oxidation sites excluding steroid dienone is 2. The number of hydrazone groups is 1. The van der Waals surface area contributed by atoms with Gasteiger partial charge in [-0.25, -0.2) is 26.5 Å². The van der Waals surface area contributed by atoms with Crippen molar-refractivity contribution in [3.8, 4) is 0 Å². The van der Waals surface area contributed by atoms with Crippen molar-refractivity contribution in [1.29, 1.82) is 0 Å². The van der Waals surface area contributed by atoms with Crippen molar-refractivity contribution < 1.29 is 153 Å². The summed E-state index contributed by atoms with van der Waals surface area (Å²) >= 11 is 0. The van der Waals surface area contributed by atoms with Crippen LogP contribution in [0.5, 0.6) is 0 Å². The normalized spacial score (nSPS) is 13.9. The fourth-order valence-electron chi connectivity index (χ4n) is 4.66. The Hall–Kier alpha value is -1.98. The van der Waals surface area contributed by atoms with Crippen molar-refractivity contribution in [3.05, 3.63) is 99.0 Å². The quantitative estimate of drug-likeness (QED) is 0.0578. The molecule has 0 radical (unpaired) electrons. The molecular weight excluding hydrogens is 767 g/mol. The minimum Gasteiger partial charge on any atom is -0.744 e. The summed E-state index contributed by atoms with van der Waals surface area (Å²) in [5.74, 6) is -2.64. The van der Waals surface area contributed by atoms with Crippen LogP contribution in [0.25, 0.3) is 6.08 Å². The van der Waals surface area contributed by atoms with Gasteiger partial charge >= 0.3 is 103 Å². The Morgan fingerprint density at radius 3 is 1.86 bits per heavy atom. The Morgan fingerprint density at radius 1 is 0.824 bits per heavy atom. The predicted octanol–water partition coefficient (Wildman–Crippen LogP) is -7.79. The molecule has 0 atom stereocenters. The minimum atomic E-state index is -4.94. The number of rotatable bonds is 14. The fraction of sp³-hybridized carbons (Fsp3) is 0.207. The van der Waals surface area contributed by atoms with Crippen LogP contribution in [0.3, 0.4) is 0 Å². The van der Waals surface area contributed by atoms with Gasteiger partial charge < -0.3 is 30.0 Å². The Kier molecular flexibility index (Phi) is 17.6. The molecule has 0 fully saturated rings. The number of nitrogens with zero attached hydrogens (tertiary/aromatic N) is 3. The summed E-state index contributed by atoms with van der Waals surface area (Å²) in [4.78, 5) is 51.4. The third-order valence-electron chi connectivity index (χ3n) is 6.83. The maximum Gasteiger partial charge on any atom is 1.00 e. The number of hydrogen-bond acceptors (Lipinski definition) is 13. The summed E-state index contributed by atoms with van der Waals surface area (Å²) in [6, 6.07) is 10.2. The van der Waals surface area contributed by atoms with Gasteiger partial charge in [-0.15, -0.1) is 0 Å². The molecule has 0 saturated heterocycles. The van der Waals surface area contributed by atoms with E-state index in [0.29, 0.717) is 0 Å². The van der Waals surface area contributed by atoms with Gasteiger partial charge in [0.2, 0.25) is 0 Å². The third kappa shape index (κ3) is 11.5. The third-order valence-corrected chi connectivity index (χ3v) is 8.70. The van der Waals surface area contributed by atoms with E-state index < -0.39 is 85.3 Å². The van der Waals surface area contributed by atoms with Gasteiger partial charge in [0.05, 0.1) is 47.2 Å². The van der Waals surface area contributed by atoms with Crippen molar-refractivity contribution in [3.63, 3.8) is 0 Å². The first kappa shape index (κ1) is 45.2. The number of aromatic nitrogens is 2. The van der Waals surface area contributed by atoms with Crippen LogP contribution in [-0.2, 0) is 42.9 Å². The average molecular weight is 795 g/mol. The summed E-state index contributed by atoms with van der Waals surface area (Å²) in [7, 11) is -9.86. The zero-order valence-corrected chi connectivity index (χ0v) is 35.1. The number of H-pyrrole nitrogens is 1. The minimum absolute atomic E-state index is 0. The van der Waals surface area contributed by atoms with Crippen molar-refractivity contribution in [2.75, 3.05) is 26.3 Å². The molecule has 0 spiro atoms. The van der Waals surface area contributed by atoms with Gasteiger partial charge in [-0.2, -0.15) is 5.10 Å². The summed E-state index contributed by atoms with van der Waals surface area (Å²) in [6.45, 7) is -2.28. The van der Waals surface area contributed by atoms with Crippen LogP contribution in [0.15, 0.2) is 85.9 Å². The molecule has 0 aliphatic carbocycles. The van der Waals surface area contributed by atoms with Crippen LogP contribution in [0.4, 0.5) is 0 Å². The van der Waals surface area contributed by atoms with Gasteiger partial charge in [0.1, 0.15) is 25.9 Å². The SMILES string of the molecule is O=C(NCCO)C1=NN(Cc2ccccc2S(=O)(=O)[O-])C(=O)/C1=C\C=C\c1c(C(=O)NCCO)[nH]n(Cc2ccccc2S(=O)(=O)[O-])c1=O.[K+].[K+]. The van der Waals surface area contributed by atoms with Crippen LogP contribution >= 0.6 is 0 Å². The molecule has 4 rings (SSSR count). The number of hydrogen-bond donors (Lipinski definition) is 5. The number of amides is 3. The van der Waals surface area contributed by atoms with Gasteiger partial charge in [0.15, 0.2) is 5.71 Å². The second kappa shape index (κ2) is 19.9. The second-order valence-electron chi connectivity index (χ2n) is 10.1. The largest absolute Gasteiger partial charge is 1.00 e. The number of aromatic amines is 1. The van der Waals surface area contributed by atoms with E-state index in [1.165, 1.54) is 36.4 Å². The van der Waals surface area contributed by atoms with E-state index in [1.807, 2.05) is 0 Å². The van der Waals surface area contributed by atoms with Gasteiger partial charge in [-0.3, -0.25) is 24.3 Å². The van der Waals surface area contributed by atoms with Gasteiger partial charge in [-0.05, 0) is 35.4 Å². The second-order valence-corrected chi connectivity index (χ2v) is 12.8. The molecule has 3 amide bonds. The number of carbonyl (C=O) groups is 3. The zero-order chi connectivity index (χ0) is 35.9. The van der Waals surface area contributed by atoms with E-state index >= 15 is 0 Å². The maximum absolute atomic E-state index is 13.4. The Balaban J connectivity index is 0.00000451. The van der Waals surface area contributed by atoms with Gasteiger partial charge in [0, 0.05) is 13.1 Å². The Labute approximate surface area is 376 Å². The number of benzene rings is 2. The molecule has 0 bridgehead atoms. The van der Waals surface area contributed by atoms with E-state index in [1.54, 1.807) is 0 Å². The maximum atomic E-state index is 13.4. The number of carbonyl (C=O) groups excluding carboxylic acids is 3. The Morgan fingerprint density at radius 2 is 1.33 bits per heavy atom. The first-order valence-electron chi connectivity index (χ1n) is 14.1. The van der Waals surface area contributed by atoms with E-state index in [4.69, 9.17) is 10.2 Å². The summed E-state index contributed by atoms with van der Waals surface area (Å²) in [6.07, 6.45) is 3.32. The number of aliphatic hydroxyl groups is 2. The molecule has 2 aromatic carbocycles. The van der Waals surface area contributed by atoms with Crippen LogP contribution in [0, 0.1) is 0 Å². The molecule has 260 valence electrons. The van der Waals surface area contributed by atoms with Crippen LogP contribution in [0.2, 0.25) is 0 Å². The first-order valence-corrected chi connectivity index (χ1v) is 17.0. The Bertz CT molecular complexity index is 2160. The topological polar surface area (TPSA) is 284 Å². The average Bonchev–Trinajstić information content (AvgIpc) is 3.53. The summed E-state index contributed by atoms with van der Waals surface area (Å²) in [5.41, 5.74) is -2.42. The molecule has 1 aliphatic heterocycles. The van der Waals surface area contributed by atoms with Crippen molar-refractivity contribution in [2.45, 2.75) is 22.9 Å². The van der Waals surface area contributed by atoms with Crippen molar-refractivity contribution in [1.82, 2.24) is 25.4 Å². The summed E-state index contributed by atoms with van der Waals surface area (Å²) in [5, 5.41) is 30.3. The summed E-state index contributed by atoms with van der Waals surface area (Å²) < 4.78 is 71.4. The van der Waals surface area contributed by atoms with Crippen molar-refractivity contribution in [2.24, 2.45) is 5.10 Å². The molecule has 1 aromatic heterocycles. The molecule has 3 aromatic rings. The van der Waals surface area contributed by atoms with E-state index in [9.17, 15) is 45.1 Å². The van der Waals surface area contributed by atoms with Crippen molar-refractivity contribution >= 4 is 49.7 Å². The molecule has 51 heavy (non-hydrogen) atoms. The molecule has 0 saturated carbocycles. The monoisotopic (exact) mass is 794 g/mol. The number of nitrogens with one attached hydrogen (secondary N) is 3. The van der Waals surface area contributed by atoms with Crippen LogP contribution in [0.1, 0.15) is 27.2 Å². The van der Waals surface area contributed by atoms with E-state index in [-0.39, 0.29) is 144 Å². The number of aliphatic hydroxyl groups excluding tert-OH is 2. The van der Waals surface area contributed by atoms with Gasteiger partial charge in [-0.1, -0.05) is 42.5 Å². The van der Waals surface area contributed by atoms with Crippen LogP contribution in [-0.4, -0.2) is 101 Å². The van der Waals surface area contributed by atoms with E-state index in [0.717, 1.165) is 40.1 Å². The molecule has 0 unspecified atom stereocenters. The molecule has 1 aliphatic rings. The standard InChI is InChI=1S/C29H30N6O12S2.2K/c36-14-12-30-26(38)24-20(28(40)34(32-24)16-18-6-1-3-10-22(18)48(42,43)44)8-5-9-21-25(27(39)31-13-15-37)33-35(29(21)41)17-19-7-2-4-11-23(19)49(45,46)47;;/h1-11,32,36-37H,12-17H2,(H,30,38)(H,31,39)(H,42,43,44)(H,45,46,47);;/q;2*+1/p-2/b8-5+,21-9-;;. The molecule has 5 N–H and O–H groups in total. The molecule has 22 heteroatoms. The first-order chi connectivity index (χ1) is 23.2. The molecule has 2 heterocycles. The fourth-order valence-corrected chi connectivity index (χ4v) is 6.06. The molecular formula is C29H28K2N6O12S2. The van der Waals surface area contributed by atoms with E-state index in [2.05, 4.69) is 20.8 Å². The predicted molar refractivity (Wildman–Crippen MR) is 168 cm³/mol.